The summed E-state index contributed by atoms with van der Waals surface area (Å²) in [5.41, 5.74) is 2.76. The summed E-state index contributed by atoms with van der Waals surface area (Å²) in [7, 11) is 4.64. The van der Waals surface area contributed by atoms with Crippen molar-refractivity contribution in [1.29, 1.82) is 0 Å². The molecule has 0 aliphatic carbocycles. The highest BCUT2D eigenvalue weighted by atomic mass is 79.9. The van der Waals surface area contributed by atoms with Crippen LogP contribution in [0.5, 0.6) is 0 Å². The van der Waals surface area contributed by atoms with E-state index in [1.54, 1.807) is 0 Å². The Bertz CT molecular complexity index is 768. The van der Waals surface area contributed by atoms with Crippen molar-refractivity contribution in [3.63, 3.8) is 0 Å². The number of likely N-dealkylation sites (N-methyl/N-ethyl adjacent to an activating group) is 1. The largest absolute Gasteiger partial charge is 0.381 e. The molecule has 0 atom stereocenters. The molecule has 144 valence electrons. The Balaban J connectivity index is 1.54. The van der Waals surface area contributed by atoms with E-state index in [4.69, 9.17) is 4.74 Å². The number of benzene rings is 2. The fourth-order valence-corrected chi connectivity index (χ4v) is 3.97. The molecule has 1 aliphatic rings. The number of hydrogen-bond acceptors (Lipinski definition) is 2. The van der Waals surface area contributed by atoms with Crippen molar-refractivity contribution >= 4 is 27.5 Å². The first kappa shape index (κ1) is 20.1. The molecular formula is C22H28BrN2O2+. The molecule has 1 N–H and O–H groups in total. The molecular weight excluding hydrogens is 404 g/mol. The van der Waals surface area contributed by atoms with Crippen LogP contribution in [0.3, 0.4) is 0 Å². The smallest absolute Gasteiger partial charge is 0.255 e. The highest BCUT2D eigenvalue weighted by Gasteiger charge is 2.29. The van der Waals surface area contributed by atoms with Crippen molar-refractivity contribution in [1.82, 2.24) is 0 Å². The van der Waals surface area contributed by atoms with Crippen LogP contribution >= 0.6 is 15.9 Å². The number of hydrogen-bond donors (Lipinski definition) is 1. The Morgan fingerprint density at radius 1 is 1.15 bits per heavy atom. The first-order valence-corrected chi connectivity index (χ1v) is 10.3. The highest BCUT2D eigenvalue weighted by molar-refractivity contribution is 9.10. The van der Waals surface area contributed by atoms with E-state index in [0.29, 0.717) is 11.6 Å². The zero-order valence-electron chi connectivity index (χ0n) is 16.1. The van der Waals surface area contributed by atoms with E-state index in [0.717, 1.165) is 53.7 Å². The van der Waals surface area contributed by atoms with Crippen molar-refractivity contribution in [2.24, 2.45) is 0 Å². The van der Waals surface area contributed by atoms with Gasteiger partial charge in [0.2, 0.25) is 0 Å². The van der Waals surface area contributed by atoms with Crippen LogP contribution in [0.15, 0.2) is 53.0 Å². The summed E-state index contributed by atoms with van der Waals surface area (Å²) in [6.07, 6.45) is 3.32. The van der Waals surface area contributed by atoms with Crippen LogP contribution < -0.4 is 5.32 Å². The van der Waals surface area contributed by atoms with Crippen molar-refractivity contribution in [3.05, 3.63) is 64.1 Å². The second-order valence-corrected chi connectivity index (χ2v) is 8.67. The summed E-state index contributed by atoms with van der Waals surface area (Å²) in [4.78, 5) is 12.3. The van der Waals surface area contributed by atoms with Gasteiger partial charge in [0.25, 0.3) is 5.91 Å². The van der Waals surface area contributed by atoms with Crippen molar-refractivity contribution in [2.45, 2.75) is 25.3 Å². The monoisotopic (exact) mass is 431 g/mol. The van der Waals surface area contributed by atoms with Crippen molar-refractivity contribution in [3.8, 4) is 0 Å². The molecule has 1 saturated heterocycles. The van der Waals surface area contributed by atoms with Gasteiger partial charge in [-0.2, -0.15) is 0 Å². The van der Waals surface area contributed by atoms with Gasteiger partial charge in [0.1, 0.15) is 0 Å². The topological polar surface area (TPSA) is 38.3 Å². The number of ether oxygens (including phenoxy) is 1. The third-order valence-corrected chi connectivity index (χ3v) is 5.95. The molecule has 0 bridgehead atoms. The van der Waals surface area contributed by atoms with E-state index in [1.807, 2.05) is 36.4 Å². The molecule has 0 saturated carbocycles. The van der Waals surface area contributed by atoms with Gasteiger partial charge in [-0.25, -0.2) is 0 Å². The minimum absolute atomic E-state index is 0.0960. The van der Waals surface area contributed by atoms with Gasteiger partial charge in [-0.3, -0.25) is 4.79 Å². The lowest BCUT2D eigenvalue weighted by Crippen LogP contribution is -2.52. The standard InChI is InChI=1S/C22H27BrN2O2/c1-25(2,21-11-14-27-15-12-21)13-10-17-6-8-20(9-7-17)24-22(26)18-4-3-5-19(23)16-18/h3-9,16,21H,10-15H2,1-2H3/p+1. The van der Waals surface area contributed by atoms with Gasteiger partial charge in [0.15, 0.2) is 0 Å². The molecule has 1 aliphatic heterocycles. The highest BCUT2D eigenvalue weighted by Crippen LogP contribution is 2.20. The number of carbonyl (C=O) groups is 1. The number of nitrogens with zero attached hydrogens (tertiary/aromatic N) is 1. The number of halogens is 1. The summed E-state index contributed by atoms with van der Waals surface area (Å²) in [6.45, 7) is 2.88. The maximum atomic E-state index is 12.3. The van der Waals surface area contributed by atoms with E-state index in [9.17, 15) is 4.79 Å². The van der Waals surface area contributed by atoms with Gasteiger partial charge >= 0.3 is 0 Å². The van der Waals surface area contributed by atoms with E-state index in [-0.39, 0.29) is 5.91 Å². The van der Waals surface area contributed by atoms with Crippen LogP contribution in [0, 0.1) is 0 Å². The third kappa shape index (κ3) is 5.64. The molecule has 1 heterocycles. The van der Waals surface area contributed by atoms with Crippen LogP contribution in [-0.2, 0) is 11.2 Å². The second-order valence-electron chi connectivity index (χ2n) is 7.76. The number of quaternary nitrogens is 1. The fourth-order valence-electron chi connectivity index (χ4n) is 3.57. The van der Waals surface area contributed by atoms with Crippen LogP contribution in [0.1, 0.15) is 28.8 Å². The average Bonchev–Trinajstić information content (AvgIpc) is 2.68. The number of amides is 1. The summed E-state index contributed by atoms with van der Waals surface area (Å²) >= 11 is 3.40. The third-order valence-electron chi connectivity index (χ3n) is 5.45. The first-order chi connectivity index (χ1) is 12.9. The lowest BCUT2D eigenvalue weighted by atomic mass is 10.0. The normalized spacial score (nSPS) is 15.5. The molecule has 2 aromatic carbocycles. The van der Waals surface area contributed by atoms with Crippen LogP contribution in [0.2, 0.25) is 0 Å². The fraction of sp³-hybridized carbons (Fsp3) is 0.409. The summed E-state index contributed by atoms with van der Waals surface area (Å²) < 4.78 is 7.43. The van der Waals surface area contributed by atoms with Gasteiger partial charge in [-0.05, 0) is 35.9 Å². The van der Waals surface area contributed by atoms with E-state index in [1.165, 1.54) is 5.56 Å². The Hall–Kier alpha value is -1.69. The Kier molecular flexibility index (Phi) is 6.68. The lowest BCUT2D eigenvalue weighted by molar-refractivity contribution is -0.916. The Labute approximate surface area is 170 Å². The SMILES string of the molecule is C[N+](C)(CCc1ccc(NC(=O)c2cccc(Br)c2)cc1)C1CCOCC1. The van der Waals surface area contributed by atoms with Gasteiger partial charge in [-0.15, -0.1) is 0 Å². The molecule has 3 rings (SSSR count). The molecule has 1 fully saturated rings. The molecule has 0 aromatic heterocycles. The van der Waals surface area contributed by atoms with Gasteiger partial charge < -0.3 is 14.5 Å². The molecule has 5 heteroatoms. The van der Waals surface area contributed by atoms with Crippen molar-refractivity contribution in [2.75, 3.05) is 39.2 Å². The summed E-state index contributed by atoms with van der Waals surface area (Å²) in [6, 6.07) is 16.3. The second kappa shape index (κ2) is 9.00. The lowest BCUT2D eigenvalue weighted by Gasteiger charge is -2.40. The number of rotatable bonds is 6. The first-order valence-electron chi connectivity index (χ1n) is 9.50. The van der Waals surface area contributed by atoms with E-state index in [2.05, 4.69) is 47.5 Å². The zero-order valence-corrected chi connectivity index (χ0v) is 17.7. The van der Waals surface area contributed by atoms with Gasteiger partial charge in [0.05, 0.1) is 39.9 Å². The van der Waals surface area contributed by atoms with Gasteiger partial charge in [0, 0.05) is 35.0 Å². The van der Waals surface area contributed by atoms with E-state index < -0.39 is 0 Å². The molecule has 0 unspecified atom stereocenters. The quantitative estimate of drug-likeness (QED) is 0.683. The minimum Gasteiger partial charge on any atom is -0.381 e. The number of carbonyl (C=O) groups excluding carboxylic acids is 1. The maximum Gasteiger partial charge on any atom is 0.255 e. The predicted molar refractivity (Wildman–Crippen MR) is 113 cm³/mol. The van der Waals surface area contributed by atoms with Crippen LogP contribution in [0.25, 0.3) is 0 Å². The van der Waals surface area contributed by atoms with Crippen LogP contribution in [-0.4, -0.2) is 50.3 Å². The molecule has 2 aromatic rings. The zero-order chi connectivity index (χ0) is 19.3. The number of nitrogens with one attached hydrogen (secondary N) is 1. The van der Waals surface area contributed by atoms with Gasteiger partial charge in [-0.1, -0.05) is 34.1 Å². The van der Waals surface area contributed by atoms with Crippen LogP contribution in [0.4, 0.5) is 5.69 Å². The molecule has 1 amide bonds. The predicted octanol–water partition coefficient (Wildman–Crippen LogP) is 4.50. The number of anilines is 1. The average molecular weight is 432 g/mol. The minimum atomic E-state index is -0.0960. The summed E-state index contributed by atoms with van der Waals surface area (Å²) in [5.74, 6) is -0.0960. The molecule has 0 spiro atoms. The Morgan fingerprint density at radius 3 is 2.52 bits per heavy atom. The Morgan fingerprint density at radius 2 is 1.85 bits per heavy atom. The molecule has 27 heavy (non-hydrogen) atoms. The molecule has 0 radical (unpaired) electrons. The van der Waals surface area contributed by atoms with Crippen molar-refractivity contribution < 1.29 is 14.0 Å². The molecule has 4 nitrogen and oxygen atoms in total. The van der Waals surface area contributed by atoms with E-state index >= 15 is 0 Å². The maximum absolute atomic E-state index is 12.3. The summed E-state index contributed by atoms with van der Waals surface area (Å²) in [5, 5.41) is 2.96.